The van der Waals surface area contributed by atoms with Gasteiger partial charge in [0.25, 0.3) is 0 Å². The Bertz CT molecular complexity index is 474. The average Bonchev–Trinajstić information content (AvgIpc) is 2.74. The van der Waals surface area contributed by atoms with Gasteiger partial charge in [-0.15, -0.1) is 0 Å². The lowest BCUT2D eigenvalue weighted by molar-refractivity contribution is -0.0327. The van der Waals surface area contributed by atoms with Crippen LogP contribution in [0.3, 0.4) is 0 Å². The number of ether oxygens (including phenoxy) is 2. The molecule has 1 heterocycles. The van der Waals surface area contributed by atoms with E-state index in [1.807, 2.05) is 12.1 Å². The van der Waals surface area contributed by atoms with E-state index in [9.17, 15) is 0 Å². The van der Waals surface area contributed by atoms with Crippen molar-refractivity contribution in [3.8, 4) is 5.75 Å². The molecule has 0 aliphatic carbocycles. The van der Waals surface area contributed by atoms with Gasteiger partial charge in [-0.2, -0.15) is 0 Å². The molecule has 1 atom stereocenters. The van der Waals surface area contributed by atoms with Crippen LogP contribution in [0.1, 0.15) is 46.1 Å². The Morgan fingerprint density at radius 2 is 2.19 bits per heavy atom. The van der Waals surface area contributed by atoms with Crippen LogP contribution in [0.15, 0.2) is 18.2 Å². The van der Waals surface area contributed by atoms with E-state index >= 15 is 0 Å². The second kappa shape index (κ2) is 6.99. The molecular formula is C17H26ClNO2. The Kier molecular flexibility index (Phi) is 5.53. The summed E-state index contributed by atoms with van der Waals surface area (Å²) in [4.78, 5) is 0. The van der Waals surface area contributed by atoms with Crippen LogP contribution >= 0.6 is 11.6 Å². The number of halogens is 1. The van der Waals surface area contributed by atoms with Crippen LogP contribution in [0.4, 0.5) is 0 Å². The van der Waals surface area contributed by atoms with Crippen LogP contribution < -0.4 is 10.1 Å². The van der Waals surface area contributed by atoms with E-state index in [1.54, 1.807) is 0 Å². The maximum absolute atomic E-state index is 6.29. The van der Waals surface area contributed by atoms with E-state index < -0.39 is 0 Å². The van der Waals surface area contributed by atoms with Crippen molar-refractivity contribution in [1.82, 2.24) is 5.32 Å². The number of hydrogen-bond donors (Lipinski definition) is 1. The minimum atomic E-state index is -0.0312. The number of rotatable bonds is 6. The molecule has 1 fully saturated rings. The molecule has 0 spiro atoms. The molecule has 0 amide bonds. The highest BCUT2D eigenvalue weighted by Gasteiger charge is 2.32. The second-order valence-electron chi connectivity index (χ2n) is 6.61. The third-order valence-corrected chi connectivity index (χ3v) is 4.01. The van der Waals surface area contributed by atoms with E-state index in [4.69, 9.17) is 21.1 Å². The smallest absolute Gasteiger partial charge is 0.142 e. The zero-order chi connectivity index (χ0) is 15.5. The number of nitrogens with one attached hydrogen (secondary N) is 1. The predicted molar refractivity (Wildman–Crippen MR) is 87.1 cm³/mol. The molecule has 1 aromatic rings. The third kappa shape index (κ3) is 4.87. The first-order valence-electron chi connectivity index (χ1n) is 7.69. The summed E-state index contributed by atoms with van der Waals surface area (Å²) < 4.78 is 11.9. The van der Waals surface area contributed by atoms with Gasteiger partial charge in [0.1, 0.15) is 12.4 Å². The normalized spacial score (nSPS) is 21.0. The van der Waals surface area contributed by atoms with Crippen molar-refractivity contribution in [1.29, 1.82) is 0 Å². The largest absolute Gasteiger partial charge is 0.489 e. The molecule has 21 heavy (non-hydrogen) atoms. The molecule has 1 aromatic carbocycles. The first kappa shape index (κ1) is 16.6. The van der Waals surface area contributed by atoms with Crippen LogP contribution in [-0.2, 0) is 11.3 Å². The van der Waals surface area contributed by atoms with Gasteiger partial charge in [0.05, 0.1) is 16.7 Å². The summed E-state index contributed by atoms with van der Waals surface area (Å²) in [7, 11) is 0. The predicted octanol–water partition coefficient (Wildman–Crippen LogP) is 4.17. The highest BCUT2D eigenvalue weighted by Crippen LogP contribution is 2.32. The fourth-order valence-electron chi connectivity index (χ4n) is 2.54. The first-order chi connectivity index (χ1) is 9.87. The molecule has 1 N–H and O–H groups in total. The first-order valence-corrected chi connectivity index (χ1v) is 8.06. The number of benzene rings is 1. The van der Waals surface area contributed by atoms with Gasteiger partial charge in [0.15, 0.2) is 0 Å². The zero-order valence-corrected chi connectivity index (χ0v) is 14.2. The average molecular weight is 312 g/mol. The highest BCUT2D eigenvalue weighted by molar-refractivity contribution is 6.32. The van der Waals surface area contributed by atoms with Crippen molar-refractivity contribution >= 4 is 11.6 Å². The Labute approximate surface area is 133 Å². The van der Waals surface area contributed by atoms with Gasteiger partial charge in [0, 0.05) is 18.2 Å². The summed E-state index contributed by atoms with van der Waals surface area (Å²) >= 11 is 6.29. The van der Waals surface area contributed by atoms with Crippen molar-refractivity contribution in [3.63, 3.8) is 0 Å². The number of para-hydroxylation sites is 1. The summed E-state index contributed by atoms with van der Waals surface area (Å²) in [5, 5.41) is 4.06. The van der Waals surface area contributed by atoms with Gasteiger partial charge in [0.2, 0.25) is 0 Å². The van der Waals surface area contributed by atoms with Crippen LogP contribution in [0.2, 0.25) is 5.02 Å². The monoisotopic (exact) mass is 311 g/mol. The quantitative estimate of drug-likeness (QED) is 0.855. The molecule has 1 saturated heterocycles. The molecule has 1 aliphatic heterocycles. The van der Waals surface area contributed by atoms with Gasteiger partial charge in [-0.25, -0.2) is 0 Å². The molecule has 0 bridgehead atoms. The van der Waals surface area contributed by atoms with E-state index in [0.717, 1.165) is 30.7 Å². The Morgan fingerprint density at radius 1 is 1.43 bits per heavy atom. The fraction of sp³-hybridized carbons (Fsp3) is 0.647. The summed E-state index contributed by atoms with van der Waals surface area (Å²) in [5.74, 6) is 0.778. The molecule has 2 rings (SSSR count). The third-order valence-electron chi connectivity index (χ3n) is 3.72. The molecule has 3 nitrogen and oxygen atoms in total. The lowest BCUT2D eigenvalue weighted by atomic mass is 10.1. The van der Waals surface area contributed by atoms with Crippen molar-refractivity contribution < 1.29 is 9.47 Å². The molecule has 0 saturated carbocycles. The molecule has 4 heteroatoms. The summed E-state index contributed by atoms with van der Waals surface area (Å²) in [6.07, 6.45) is 2.27. The zero-order valence-electron chi connectivity index (χ0n) is 13.4. The lowest BCUT2D eigenvalue weighted by Gasteiger charge is -2.20. The van der Waals surface area contributed by atoms with Gasteiger partial charge < -0.3 is 14.8 Å². The van der Waals surface area contributed by atoms with Crippen LogP contribution in [0.25, 0.3) is 0 Å². The van der Waals surface area contributed by atoms with E-state index in [1.165, 1.54) is 0 Å². The highest BCUT2D eigenvalue weighted by atomic mass is 35.5. The number of hydrogen-bond acceptors (Lipinski definition) is 3. The van der Waals surface area contributed by atoms with E-state index in [0.29, 0.717) is 17.7 Å². The standard InChI is InChI=1S/C17H26ClNO2/c1-12(2)19-10-13-6-5-7-15(18)16(13)20-11-14-8-9-17(3,4)21-14/h5-7,12,14,19H,8-11H2,1-4H3. The molecule has 1 aliphatic rings. The Hall–Kier alpha value is -0.770. The van der Waals surface area contributed by atoms with E-state index in [2.05, 4.69) is 39.1 Å². The lowest BCUT2D eigenvalue weighted by Crippen LogP contribution is -2.25. The van der Waals surface area contributed by atoms with Crippen molar-refractivity contribution in [2.24, 2.45) is 0 Å². The SMILES string of the molecule is CC(C)NCc1cccc(Cl)c1OCC1CCC(C)(C)O1. The topological polar surface area (TPSA) is 30.5 Å². The van der Waals surface area contributed by atoms with Gasteiger partial charge in [-0.1, -0.05) is 37.6 Å². The van der Waals surface area contributed by atoms with Gasteiger partial charge in [-0.3, -0.25) is 0 Å². The van der Waals surface area contributed by atoms with Gasteiger partial charge >= 0.3 is 0 Å². The Balaban J connectivity index is 1.98. The summed E-state index contributed by atoms with van der Waals surface area (Å²) in [6.45, 7) is 9.81. The minimum Gasteiger partial charge on any atom is -0.489 e. The van der Waals surface area contributed by atoms with Crippen molar-refractivity contribution in [3.05, 3.63) is 28.8 Å². The summed E-state index contributed by atoms with van der Waals surface area (Å²) in [6, 6.07) is 6.31. The van der Waals surface area contributed by atoms with Crippen LogP contribution in [0.5, 0.6) is 5.75 Å². The minimum absolute atomic E-state index is 0.0312. The van der Waals surface area contributed by atoms with E-state index in [-0.39, 0.29) is 11.7 Å². The van der Waals surface area contributed by atoms with Crippen LogP contribution in [-0.4, -0.2) is 24.4 Å². The molecule has 0 radical (unpaired) electrons. The van der Waals surface area contributed by atoms with Crippen LogP contribution in [0, 0.1) is 0 Å². The molecular weight excluding hydrogens is 286 g/mol. The second-order valence-corrected chi connectivity index (χ2v) is 7.02. The summed E-state index contributed by atoms with van der Waals surface area (Å²) in [5.41, 5.74) is 1.06. The molecule has 1 unspecified atom stereocenters. The fourth-order valence-corrected chi connectivity index (χ4v) is 2.79. The van der Waals surface area contributed by atoms with Crippen molar-refractivity contribution in [2.45, 2.75) is 64.8 Å². The van der Waals surface area contributed by atoms with Crippen molar-refractivity contribution in [2.75, 3.05) is 6.61 Å². The molecule has 0 aromatic heterocycles. The maximum atomic E-state index is 6.29. The Morgan fingerprint density at radius 3 is 2.81 bits per heavy atom. The maximum Gasteiger partial charge on any atom is 0.142 e. The molecule has 118 valence electrons. The van der Waals surface area contributed by atoms with Gasteiger partial charge in [-0.05, 0) is 32.8 Å².